The number of carbonyl (C=O) groups is 4. The summed E-state index contributed by atoms with van der Waals surface area (Å²) in [4.78, 5) is 49.6. The first-order valence-electron chi connectivity index (χ1n) is 14.0. The first-order chi connectivity index (χ1) is 19.5. The highest BCUT2D eigenvalue weighted by Gasteiger charge is 2.24. The van der Waals surface area contributed by atoms with Crippen LogP contribution in [-0.2, 0) is 35.2 Å². The molecule has 1 aliphatic rings. The number of rotatable bonds is 14. The maximum Gasteiger partial charge on any atom is 0.407 e. The minimum atomic E-state index is -0.574. The number of nitrogens with one attached hydrogen (secondary N) is 3. The largest absolute Gasteiger partial charge is 0.463 e. The van der Waals surface area contributed by atoms with Crippen LogP contribution in [0.1, 0.15) is 56.9 Å². The van der Waals surface area contributed by atoms with Gasteiger partial charge in [-0.15, -0.1) is 0 Å². The molecule has 0 saturated heterocycles. The van der Waals surface area contributed by atoms with Crippen LogP contribution in [0.15, 0.2) is 42.5 Å². The normalized spacial score (nSPS) is 18.3. The van der Waals surface area contributed by atoms with Gasteiger partial charge in [-0.05, 0) is 44.1 Å². The molecule has 0 bridgehead atoms. The van der Waals surface area contributed by atoms with Crippen molar-refractivity contribution in [3.8, 4) is 0 Å². The van der Waals surface area contributed by atoms with E-state index >= 15 is 0 Å². The molecule has 4 N–H and O–H groups in total. The maximum absolute atomic E-state index is 13.1. The average Bonchev–Trinajstić information content (AvgIpc) is 2.96. The monoisotopic (exact) mass is 561 g/mol. The zero-order valence-electron chi connectivity index (χ0n) is 23.1. The van der Waals surface area contributed by atoms with Crippen molar-refractivity contribution in [1.29, 1.82) is 0 Å². The highest BCUT2D eigenvalue weighted by atomic mass is 16.5. The van der Waals surface area contributed by atoms with Crippen LogP contribution < -0.4 is 16.0 Å². The minimum absolute atomic E-state index is 0.0116. The average molecular weight is 562 g/mol. The van der Waals surface area contributed by atoms with E-state index in [0.29, 0.717) is 51.5 Å². The van der Waals surface area contributed by atoms with Crippen molar-refractivity contribution in [2.45, 2.75) is 64.0 Å². The quantitative estimate of drug-likeness (QED) is 0.153. The lowest BCUT2D eigenvalue weighted by Crippen LogP contribution is -2.43. The van der Waals surface area contributed by atoms with Gasteiger partial charge in [0, 0.05) is 25.9 Å². The molecule has 3 amide bonds. The summed E-state index contributed by atoms with van der Waals surface area (Å²) in [6.45, 7) is 1.32. The summed E-state index contributed by atoms with van der Waals surface area (Å²) >= 11 is 0. The van der Waals surface area contributed by atoms with E-state index in [1.807, 2.05) is 42.5 Å². The van der Waals surface area contributed by atoms with Crippen LogP contribution in [0.2, 0.25) is 0 Å². The maximum atomic E-state index is 13.1. The van der Waals surface area contributed by atoms with Crippen molar-refractivity contribution in [2.75, 3.05) is 39.5 Å². The number of cyclic esters (lactones) is 1. The van der Waals surface area contributed by atoms with E-state index in [4.69, 9.17) is 19.3 Å². The number of allylic oxidation sites excluding steroid dienone is 2. The zero-order chi connectivity index (χ0) is 28.8. The molecule has 2 rings (SSSR count). The van der Waals surface area contributed by atoms with E-state index in [1.165, 1.54) is 0 Å². The van der Waals surface area contributed by atoms with Crippen molar-refractivity contribution < 1.29 is 38.5 Å². The molecule has 1 aromatic rings. The number of hydrogen-bond donors (Lipinski definition) is 4. The highest BCUT2D eigenvalue weighted by molar-refractivity contribution is 5.86. The van der Waals surface area contributed by atoms with Crippen LogP contribution in [0.5, 0.6) is 0 Å². The molecule has 0 spiro atoms. The van der Waals surface area contributed by atoms with Gasteiger partial charge in [0.05, 0.1) is 31.8 Å². The third-order valence-corrected chi connectivity index (χ3v) is 6.20. The van der Waals surface area contributed by atoms with E-state index in [9.17, 15) is 19.2 Å². The van der Waals surface area contributed by atoms with E-state index in [0.717, 1.165) is 5.56 Å². The summed E-state index contributed by atoms with van der Waals surface area (Å²) in [5.74, 6) is -1.43. The second kappa shape index (κ2) is 20.5. The molecule has 0 fully saturated rings. The van der Waals surface area contributed by atoms with Crippen LogP contribution in [0.25, 0.3) is 0 Å². The number of ether oxygens (including phenoxy) is 3. The minimum Gasteiger partial charge on any atom is -0.463 e. The van der Waals surface area contributed by atoms with Crippen molar-refractivity contribution in [3.63, 3.8) is 0 Å². The molecule has 0 aliphatic carbocycles. The number of carbonyl (C=O) groups excluding carboxylic acids is 4. The number of unbranched alkanes of at least 4 members (excludes halogenated alkanes) is 1. The molecule has 1 aliphatic heterocycles. The Morgan fingerprint density at radius 2 is 1.88 bits per heavy atom. The third-order valence-electron chi connectivity index (χ3n) is 6.20. The topological polar surface area (TPSA) is 152 Å². The molecule has 1 heterocycles. The Morgan fingerprint density at radius 1 is 1.05 bits per heavy atom. The lowest BCUT2D eigenvalue weighted by Gasteiger charge is -2.22. The fourth-order valence-electron chi connectivity index (χ4n) is 4.01. The second-order valence-electron chi connectivity index (χ2n) is 9.56. The first-order valence-corrected chi connectivity index (χ1v) is 14.0. The summed E-state index contributed by atoms with van der Waals surface area (Å²) in [6, 6.07) is 8.99. The number of amides is 3. The number of esters is 1. The summed E-state index contributed by atoms with van der Waals surface area (Å²) in [7, 11) is 0. The number of aliphatic hydroxyl groups is 1. The predicted octanol–water partition coefficient (Wildman–Crippen LogP) is 2.37. The molecule has 0 aromatic heterocycles. The Hall–Kier alpha value is -3.44. The number of alkyl carbamates (subject to hydrolysis) is 1. The van der Waals surface area contributed by atoms with Crippen LogP contribution in [0.3, 0.4) is 0 Å². The molecule has 222 valence electrons. The molecular weight excluding hydrogens is 518 g/mol. The summed E-state index contributed by atoms with van der Waals surface area (Å²) < 4.78 is 15.8. The molecule has 40 heavy (non-hydrogen) atoms. The SMILES string of the molecule is O=C(CC1CC=CCCCC(=O)OCC(CCCCNC(=O)OCc2ccccc2)NC1=O)NCCOCCO. The number of hydrogen-bond acceptors (Lipinski definition) is 8. The molecule has 0 radical (unpaired) electrons. The van der Waals surface area contributed by atoms with E-state index < -0.39 is 18.1 Å². The first kappa shape index (κ1) is 32.8. The third kappa shape index (κ3) is 15.2. The van der Waals surface area contributed by atoms with Gasteiger partial charge in [0.1, 0.15) is 13.2 Å². The second-order valence-corrected chi connectivity index (χ2v) is 9.56. The van der Waals surface area contributed by atoms with Crippen LogP contribution in [0.4, 0.5) is 4.79 Å². The van der Waals surface area contributed by atoms with Crippen LogP contribution >= 0.6 is 0 Å². The van der Waals surface area contributed by atoms with Crippen molar-refractivity contribution in [3.05, 3.63) is 48.0 Å². The van der Waals surface area contributed by atoms with E-state index in [1.54, 1.807) is 0 Å². The van der Waals surface area contributed by atoms with Gasteiger partial charge in [-0.3, -0.25) is 14.4 Å². The lowest BCUT2D eigenvalue weighted by molar-refractivity contribution is -0.145. The van der Waals surface area contributed by atoms with Gasteiger partial charge in [0.2, 0.25) is 11.8 Å². The Kier molecular flexibility index (Phi) is 16.8. The van der Waals surface area contributed by atoms with Gasteiger partial charge < -0.3 is 35.3 Å². The van der Waals surface area contributed by atoms with E-state index in [2.05, 4.69) is 16.0 Å². The van der Waals surface area contributed by atoms with Gasteiger partial charge in [-0.1, -0.05) is 42.5 Å². The van der Waals surface area contributed by atoms with Gasteiger partial charge in [-0.25, -0.2) is 4.79 Å². The Morgan fingerprint density at radius 3 is 2.67 bits per heavy atom. The van der Waals surface area contributed by atoms with Crippen LogP contribution in [0, 0.1) is 5.92 Å². The Balaban J connectivity index is 1.81. The number of aliphatic hydroxyl groups excluding tert-OH is 1. The van der Waals surface area contributed by atoms with Crippen molar-refractivity contribution in [2.24, 2.45) is 5.92 Å². The molecule has 2 atom stereocenters. The molecule has 1 aromatic carbocycles. The fourth-order valence-corrected chi connectivity index (χ4v) is 4.01. The van der Waals surface area contributed by atoms with Gasteiger partial charge >= 0.3 is 12.1 Å². The Labute approximate surface area is 236 Å². The fraction of sp³-hybridized carbons (Fsp3) is 0.586. The Bertz CT molecular complexity index is 925. The molecular formula is C29H43N3O8. The molecule has 11 nitrogen and oxygen atoms in total. The molecule has 2 unspecified atom stereocenters. The molecule has 11 heteroatoms. The van der Waals surface area contributed by atoms with Gasteiger partial charge in [-0.2, -0.15) is 0 Å². The zero-order valence-corrected chi connectivity index (χ0v) is 23.1. The summed E-state index contributed by atoms with van der Waals surface area (Å²) in [5.41, 5.74) is 0.902. The van der Waals surface area contributed by atoms with Crippen molar-refractivity contribution in [1.82, 2.24) is 16.0 Å². The summed E-state index contributed by atoms with van der Waals surface area (Å²) in [6.07, 6.45) is 7.18. The summed E-state index contributed by atoms with van der Waals surface area (Å²) in [5, 5.41) is 17.2. The molecule has 0 saturated carbocycles. The standard InChI is InChI=1S/C29H43N3O8/c33-17-19-38-18-16-30-26(34)20-24-12-6-1-2-7-14-27(35)39-22-25(32-28(24)36)13-8-9-15-31-29(37)40-21-23-10-4-3-5-11-23/h1,3-6,10-11,24-25,33H,2,7-9,12-22H2,(H,30,34)(H,31,37)(H,32,36). The van der Waals surface area contributed by atoms with Gasteiger partial charge in [0.15, 0.2) is 0 Å². The predicted molar refractivity (Wildman–Crippen MR) is 148 cm³/mol. The lowest BCUT2D eigenvalue weighted by atomic mass is 9.98. The van der Waals surface area contributed by atoms with Crippen molar-refractivity contribution >= 4 is 23.9 Å². The highest BCUT2D eigenvalue weighted by Crippen LogP contribution is 2.14. The smallest absolute Gasteiger partial charge is 0.407 e. The van der Waals surface area contributed by atoms with E-state index in [-0.39, 0.29) is 63.8 Å². The number of benzene rings is 1. The van der Waals surface area contributed by atoms with Gasteiger partial charge in [0.25, 0.3) is 0 Å². The van der Waals surface area contributed by atoms with Crippen LogP contribution in [-0.4, -0.2) is 74.5 Å².